The molecule has 0 bridgehead atoms. The van der Waals surface area contributed by atoms with Crippen LogP contribution in [0.4, 0.5) is 0 Å². The maximum absolute atomic E-state index is 11.8. The molecule has 0 saturated heterocycles. The molecule has 98 valence electrons. The Morgan fingerprint density at radius 3 is 2.82 bits per heavy atom. The molecule has 0 aromatic carbocycles. The van der Waals surface area contributed by atoms with Crippen molar-refractivity contribution in [3.05, 3.63) is 20.8 Å². The second kappa shape index (κ2) is 6.81. The fraction of sp³-hybridized carbons (Fsp3) is 0.556. The van der Waals surface area contributed by atoms with Gasteiger partial charge < -0.3 is 4.74 Å². The summed E-state index contributed by atoms with van der Waals surface area (Å²) in [7, 11) is -0.358. The highest BCUT2D eigenvalue weighted by Gasteiger charge is 2.17. The van der Waals surface area contributed by atoms with Crippen LogP contribution in [0.3, 0.4) is 0 Å². The molecule has 1 aromatic rings. The molecule has 0 fully saturated rings. The lowest BCUT2D eigenvalue weighted by Gasteiger charge is -2.16. The van der Waals surface area contributed by atoms with Gasteiger partial charge in [0.25, 0.3) is 10.2 Å². The Morgan fingerprint density at radius 1 is 1.59 bits per heavy atom. The molecule has 0 saturated carbocycles. The van der Waals surface area contributed by atoms with E-state index in [9.17, 15) is 8.42 Å². The second-order valence-corrected chi connectivity index (χ2v) is 7.56. The van der Waals surface area contributed by atoms with Gasteiger partial charge in [-0.1, -0.05) is 0 Å². The molecule has 1 rings (SSSR count). The van der Waals surface area contributed by atoms with Crippen LogP contribution >= 0.6 is 27.3 Å². The minimum atomic E-state index is -3.43. The largest absolute Gasteiger partial charge is 0.383 e. The van der Waals surface area contributed by atoms with Gasteiger partial charge in [-0.2, -0.15) is 17.4 Å². The molecule has 0 unspecified atom stereocenters. The van der Waals surface area contributed by atoms with Gasteiger partial charge in [-0.25, -0.2) is 0 Å². The van der Waals surface area contributed by atoms with Gasteiger partial charge >= 0.3 is 0 Å². The van der Waals surface area contributed by atoms with Crippen LogP contribution in [-0.2, 0) is 21.5 Å². The summed E-state index contributed by atoms with van der Waals surface area (Å²) in [6.07, 6.45) is 0. The van der Waals surface area contributed by atoms with Gasteiger partial charge in [0.1, 0.15) is 0 Å². The van der Waals surface area contributed by atoms with Crippen LogP contribution in [-0.4, -0.2) is 40.0 Å². The Morgan fingerprint density at radius 2 is 2.29 bits per heavy atom. The van der Waals surface area contributed by atoms with Gasteiger partial charge in [-0.3, -0.25) is 0 Å². The standard InChI is InChI=1S/C9H15BrN2O3S2/c1-12(6-8-5-9(10)16-7-8)17(13,14)11-3-4-15-2/h5,7,11H,3-4,6H2,1-2H3. The number of nitrogens with one attached hydrogen (secondary N) is 1. The maximum atomic E-state index is 11.8. The fourth-order valence-corrected chi connectivity index (χ4v) is 3.23. The Bertz CT molecular complexity index is 447. The first-order valence-electron chi connectivity index (χ1n) is 4.88. The molecule has 1 N–H and O–H groups in total. The zero-order valence-corrected chi connectivity index (χ0v) is 12.9. The van der Waals surface area contributed by atoms with Crippen molar-refractivity contribution in [3.63, 3.8) is 0 Å². The van der Waals surface area contributed by atoms with Gasteiger partial charge in [0.05, 0.1) is 10.4 Å². The number of ether oxygens (including phenoxy) is 1. The SMILES string of the molecule is COCCNS(=O)(=O)N(C)Cc1csc(Br)c1. The second-order valence-electron chi connectivity index (χ2n) is 3.41. The highest BCUT2D eigenvalue weighted by molar-refractivity contribution is 9.11. The zero-order chi connectivity index (χ0) is 12.9. The number of halogens is 1. The first-order chi connectivity index (χ1) is 7.95. The third-order valence-corrected chi connectivity index (χ3v) is 5.10. The van der Waals surface area contributed by atoms with E-state index in [0.29, 0.717) is 13.2 Å². The average Bonchev–Trinajstić information content (AvgIpc) is 2.64. The Balaban J connectivity index is 2.53. The topological polar surface area (TPSA) is 58.6 Å². The summed E-state index contributed by atoms with van der Waals surface area (Å²) in [6, 6.07) is 1.91. The number of nitrogens with zero attached hydrogens (tertiary/aromatic N) is 1. The summed E-state index contributed by atoms with van der Waals surface area (Å²) in [5.74, 6) is 0. The summed E-state index contributed by atoms with van der Waals surface area (Å²) in [5, 5.41) is 1.92. The van der Waals surface area contributed by atoms with Crippen molar-refractivity contribution in [1.82, 2.24) is 9.03 Å². The normalized spacial score (nSPS) is 12.2. The van der Waals surface area contributed by atoms with Crippen molar-refractivity contribution in [2.45, 2.75) is 6.54 Å². The van der Waals surface area contributed by atoms with Crippen molar-refractivity contribution in [2.24, 2.45) is 0 Å². The fourth-order valence-electron chi connectivity index (χ4n) is 1.15. The number of hydrogen-bond donors (Lipinski definition) is 1. The van der Waals surface area contributed by atoms with Crippen LogP contribution in [0, 0.1) is 0 Å². The first kappa shape index (κ1) is 15.1. The van der Waals surface area contributed by atoms with Gasteiger partial charge in [-0.05, 0) is 32.9 Å². The average molecular weight is 343 g/mol. The highest BCUT2D eigenvalue weighted by Crippen LogP contribution is 2.21. The van der Waals surface area contributed by atoms with Crippen molar-refractivity contribution in [3.8, 4) is 0 Å². The van der Waals surface area contributed by atoms with Crippen LogP contribution in [0.15, 0.2) is 15.2 Å². The van der Waals surface area contributed by atoms with E-state index in [1.54, 1.807) is 7.05 Å². The summed E-state index contributed by atoms with van der Waals surface area (Å²) < 4.78 is 33.0. The number of thiophene rings is 1. The molecule has 0 aliphatic carbocycles. The molecule has 0 amide bonds. The molecular formula is C9H15BrN2O3S2. The van der Waals surface area contributed by atoms with Crippen molar-refractivity contribution in [1.29, 1.82) is 0 Å². The minimum absolute atomic E-state index is 0.274. The molecule has 5 nitrogen and oxygen atoms in total. The summed E-state index contributed by atoms with van der Waals surface area (Å²) in [6.45, 7) is 0.984. The molecule has 17 heavy (non-hydrogen) atoms. The van der Waals surface area contributed by atoms with E-state index in [0.717, 1.165) is 9.35 Å². The van der Waals surface area contributed by atoms with Crippen LogP contribution in [0.1, 0.15) is 5.56 Å². The maximum Gasteiger partial charge on any atom is 0.279 e. The number of methoxy groups -OCH3 is 1. The van der Waals surface area contributed by atoms with Crippen LogP contribution in [0.25, 0.3) is 0 Å². The van der Waals surface area contributed by atoms with Crippen LogP contribution in [0.2, 0.25) is 0 Å². The zero-order valence-electron chi connectivity index (χ0n) is 9.64. The van der Waals surface area contributed by atoms with Crippen LogP contribution in [0.5, 0.6) is 0 Å². The van der Waals surface area contributed by atoms with E-state index in [1.807, 2.05) is 11.4 Å². The summed E-state index contributed by atoms with van der Waals surface area (Å²) in [5.41, 5.74) is 0.960. The molecule has 0 aliphatic rings. The predicted octanol–water partition coefficient (Wildman–Crippen LogP) is 1.42. The minimum Gasteiger partial charge on any atom is -0.383 e. The van der Waals surface area contributed by atoms with E-state index in [-0.39, 0.29) is 6.54 Å². The van der Waals surface area contributed by atoms with E-state index < -0.39 is 10.2 Å². The van der Waals surface area contributed by atoms with E-state index >= 15 is 0 Å². The molecular weight excluding hydrogens is 328 g/mol. The Kier molecular flexibility index (Phi) is 6.04. The van der Waals surface area contributed by atoms with Gasteiger partial charge in [0.15, 0.2) is 0 Å². The van der Waals surface area contributed by atoms with E-state index in [2.05, 4.69) is 20.7 Å². The molecule has 0 radical (unpaired) electrons. The van der Waals surface area contributed by atoms with Crippen molar-refractivity contribution in [2.75, 3.05) is 27.3 Å². The smallest absolute Gasteiger partial charge is 0.279 e. The highest BCUT2D eigenvalue weighted by atomic mass is 79.9. The Labute approximate surface area is 114 Å². The molecule has 0 aliphatic heterocycles. The monoisotopic (exact) mass is 342 g/mol. The first-order valence-corrected chi connectivity index (χ1v) is 8.00. The van der Waals surface area contributed by atoms with E-state index in [4.69, 9.17) is 4.74 Å². The van der Waals surface area contributed by atoms with Gasteiger partial charge in [0.2, 0.25) is 0 Å². The molecule has 0 spiro atoms. The van der Waals surface area contributed by atoms with Crippen molar-refractivity contribution >= 4 is 37.5 Å². The quantitative estimate of drug-likeness (QED) is 0.762. The lowest BCUT2D eigenvalue weighted by atomic mass is 10.3. The summed E-state index contributed by atoms with van der Waals surface area (Å²) in [4.78, 5) is 0. The summed E-state index contributed by atoms with van der Waals surface area (Å²) >= 11 is 4.88. The van der Waals surface area contributed by atoms with E-state index in [1.165, 1.54) is 22.8 Å². The van der Waals surface area contributed by atoms with Gasteiger partial charge in [-0.15, -0.1) is 11.3 Å². The predicted molar refractivity (Wildman–Crippen MR) is 72.3 cm³/mol. The van der Waals surface area contributed by atoms with Crippen LogP contribution < -0.4 is 4.72 Å². The number of hydrogen-bond acceptors (Lipinski definition) is 4. The molecule has 8 heteroatoms. The van der Waals surface area contributed by atoms with Gasteiger partial charge in [0, 0.05) is 27.2 Å². The Hall–Kier alpha value is 0.01000. The molecule has 1 heterocycles. The third-order valence-electron chi connectivity index (χ3n) is 2.03. The molecule has 1 aromatic heterocycles. The molecule has 0 atom stereocenters. The van der Waals surface area contributed by atoms with Crippen molar-refractivity contribution < 1.29 is 13.2 Å². The lowest BCUT2D eigenvalue weighted by molar-refractivity contribution is 0.204. The lowest BCUT2D eigenvalue weighted by Crippen LogP contribution is -2.39. The number of rotatable bonds is 7. The third kappa shape index (κ3) is 5.02.